The highest BCUT2D eigenvalue weighted by Crippen LogP contribution is 2.38. The number of hydrogen-bond donors (Lipinski definition) is 5. The molecule has 8 atom stereocenters. The van der Waals surface area contributed by atoms with Gasteiger partial charge in [-0.15, -0.1) is 0 Å². The van der Waals surface area contributed by atoms with Gasteiger partial charge in [0.1, 0.15) is 17.5 Å². The number of aliphatic hydroxyl groups excluding tert-OH is 2. The number of fused-ring (bicyclic) bond motifs is 2. The number of rotatable bonds is 15. The summed E-state index contributed by atoms with van der Waals surface area (Å²) < 4.78 is 5.42. The number of ketones is 2. The van der Waals surface area contributed by atoms with Crippen LogP contribution in [0.2, 0.25) is 0 Å². The van der Waals surface area contributed by atoms with Crippen LogP contribution >= 0.6 is 0 Å². The van der Waals surface area contributed by atoms with Crippen LogP contribution in [0.4, 0.5) is 5.82 Å². The number of aliphatic hydroxyl groups is 2. The number of benzene rings is 2. The number of nitrogens with one attached hydrogen (secondary N) is 1. The van der Waals surface area contributed by atoms with Gasteiger partial charge in [-0.25, -0.2) is 4.98 Å². The van der Waals surface area contributed by atoms with Gasteiger partial charge >= 0.3 is 0 Å². The number of Topliss-reactive ketones (excluding diaryl/α,β-unsaturated/α-hetero) is 2. The van der Waals surface area contributed by atoms with Crippen molar-refractivity contribution in [1.82, 2.24) is 10.3 Å². The molecule has 55 heavy (non-hydrogen) atoms. The van der Waals surface area contributed by atoms with Gasteiger partial charge < -0.3 is 31.1 Å². The summed E-state index contributed by atoms with van der Waals surface area (Å²) in [7, 11) is 1.50. The van der Waals surface area contributed by atoms with Crippen LogP contribution < -0.4 is 15.8 Å². The van der Waals surface area contributed by atoms with Crippen molar-refractivity contribution in [1.29, 1.82) is 0 Å². The van der Waals surface area contributed by atoms with Crippen molar-refractivity contribution >= 4 is 23.5 Å². The van der Waals surface area contributed by atoms with Gasteiger partial charge in [-0.2, -0.15) is 0 Å². The van der Waals surface area contributed by atoms with Crippen LogP contribution in [-0.2, 0) is 16.0 Å². The summed E-state index contributed by atoms with van der Waals surface area (Å²) in [4.78, 5) is 29.6. The third-order valence-corrected chi connectivity index (χ3v) is 11.9. The highest BCUT2D eigenvalue weighted by atomic mass is 16.5. The Hall–Kier alpha value is -4.49. The van der Waals surface area contributed by atoms with Gasteiger partial charge in [0.05, 0.1) is 19.3 Å². The zero-order valence-corrected chi connectivity index (χ0v) is 32.0. The van der Waals surface area contributed by atoms with Gasteiger partial charge in [0.25, 0.3) is 0 Å². The fourth-order valence-electron chi connectivity index (χ4n) is 8.80. The van der Waals surface area contributed by atoms with Crippen molar-refractivity contribution < 1.29 is 29.6 Å². The molecular weight excluding hydrogens is 691 g/mol. The van der Waals surface area contributed by atoms with Crippen molar-refractivity contribution in [2.75, 3.05) is 19.4 Å². The average molecular weight is 748 g/mol. The second-order valence-electron chi connectivity index (χ2n) is 15.9. The molecule has 9 nitrogen and oxygen atoms in total. The standard InChI is InChI=1S/C46H57N3O6/c1-55-45-25-35-16-20-43(53)39(42(52)10-6-5-9-31-23-36-14-18-38(51)27-41(36)49-29-31)19-15-32(40(35)28-44(45)54)13-17-37(50)24-33(34-21-22-48-46(47)26-34)12-11-30-7-3-2-4-8-30/h2-4,7-8,11-12,21-22,25-26,28,31-33,36-37,39,41-42,49-50,52,54H,5-6,9-10,13-14,16-18,20,23-24,27,29H2,1H3,(H2,47,48). The lowest BCUT2D eigenvalue weighted by atomic mass is 9.74. The first kappa shape index (κ1) is 40.2. The number of nitrogens with two attached hydrogens (primary N) is 1. The first-order valence-corrected chi connectivity index (χ1v) is 20.2. The molecule has 8 unspecified atom stereocenters. The molecule has 0 radical (unpaired) electrons. The second-order valence-corrected chi connectivity index (χ2v) is 15.9. The van der Waals surface area contributed by atoms with E-state index in [4.69, 9.17) is 10.5 Å². The van der Waals surface area contributed by atoms with Crippen molar-refractivity contribution in [3.05, 3.63) is 89.1 Å². The number of phenols is 1. The third kappa shape index (κ3) is 11.1. The minimum atomic E-state index is -0.876. The van der Waals surface area contributed by atoms with Gasteiger partial charge in [0, 0.05) is 43.3 Å². The Kier molecular flexibility index (Phi) is 14.2. The number of nitrogen functional groups attached to an aromatic ring is 1. The second kappa shape index (κ2) is 19.4. The van der Waals surface area contributed by atoms with Gasteiger partial charge in [0.2, 0.25) is 0 Å². The molecule has 0 bridgehead atoms. The number of methoxy groups -OCH3 is 1. The Labute approximate surface area is 325 Å². The lowest BCUT2D eigenvalue weighted by molar-refractivity contribution is -0.124. The largest absolute Gasteiger partial charge is 0.504 e. The maximum Gasteiger partial charge on any atom is 0.160 e. The topological polar surface area (TPSA) is 155 Å². The van der Waals surface area contributed by atoms with Crippen LogP contribution in [0, 0.1) is 29.6 Å². The van der Waals surface area contributed by atoms with E-state index in [1.54, 1.807) is 18.3 Å². The molecule has 2 aromatic carbocycles. The predicted octanol–water partition coefficient (Wildman–Crippen LogP) is 6.89. The molecule has 9 heteroatoms. The smallest absolute Gasteiger partial charge is 0.160 e. The van der Waals surface area contributed by atoms with Gasteiger partial charge in [-0.1, -0.05) is 67.2 Å². The number of carbonyl (C=O) groups is 2. The maximum absolute atomic E-state index is 13.6. The highest BCUT2D eigenvalue weighted by Gasteiger charge is 2.34. The van der Waals surface area contributed by atoms with E-state index in [9.17, 15) is 24.9 Å². The molecule has 6 rings (SSSR count). The highest BCUT2D eigenvalue weighted by molar-refractivity contribution is 5.85. The summed E-state index contributed by atoms with van der Waals surface area (Å²) in [6.07, 6.45) is 13.1. The minimum Gasteiger partial charge on any atom is -0.504 e. The molecule has 292 valence electrons. The van der Waals surface area contributed by atoms with E-state index in [1.807, 2.05) is 42.5 Å². The van der Waals surface area contributed by atoms with Crippen LogP contribution in [0.3, 0.4) is 0 Å². The number of aromatic nitrogens is 1. The van der Waals surface area contributed by atoms with Crippen LogP contribution in [0.25, 0.3) is 6.08 Å². The van der Waals surface area contributed by atoms with Gasteiger partial charge in [-0.05, 0) is 116 Å². The number of unbranched alkanes of at least 4 members (excludes halogenated alkanes) is 1. The molecule has 3 aliphatic rings. The third-order valence-electron chi connectivity index (χ3n) is 11.9. The molecule has 2 aliphatic carbocycles. The number of hydrogen-bond acceptors (Lipinski definition) is 9. The lowest BCUT2D eigenvalue weighted by Gasteiger charge is -2.39. The number of aryl methyl sites for hydroxylation is 1. The minimum absolute atomic E-state index is 0.00203. The monoisotopic (exact) mass is 747 g/mol. The number of allylic oxidation sites excluding steroid dienone is 1. The molecule has 1 saturated heterocycles. The molecule has 3 aromatic rings. The summed E-state index contributed by atoms with van der Waals surface area (Å²) >= 11 is 0. The van der Waals surface area contributed by atoms with Crippen LogP contribution in [-0.4, -0.2) is 63.8 Å². The molecular formula is C46H57N3O6. The number of carbonyl (C=O) groups excluding carboxylic acids is 2. The summed E-state index contributed by atoms with van der Waals surface area (Å²) in [5.74, 6) is 7.42. The number of ether oxygens (including phenoxy) is 1. The zero-order chi connectivity index (χ0) is 38.7. The van der Waals surface area contributed by atoms with E-state index in [0.29, 0.717) is 80.2 Å². The number of nitrogens with zero attached hydrogens (tertiary/aromatic N) is 1. The molecule has 1 aromatic heterocycles. The van der Waals surface area contributed by atoms with Crippen molar-refractivity contribution in [2.24, 2.45) is 17.8 Å². The van der Waals surface area contributed by atoms with Crippen LogP contribution in [0.1, 0.15) is 111 Å². The molecule has 0 amide bonds. The van der Waals surface area contributed by atoms with E-state index in [0.717, 1.165) is 60.9 Å². The summed E-state index contributed by atoms with van der Waals surface area (Å²) in [5, 5.41) is 37.3. The Morgan fingerprint density at radius 1 is 1.02 bits per heavy atom. The van der Waals surface area contributed by atoms with Crippen LogP contribution in [0.15, 0.2) is 66.9 Å². The molecule has 6 N–H and O–H groups in total. The molecule has 1 saturated carbocycles. The fourth-order valence-corrected chi connectivity index (χ4v) is 8.80. The summed E-state index contributed by atoms with van der Waals surface area (Å²) in [6.45, 7) is 0.935. The van der Waals surface area contributed by atoms with E-state index in [1.165, 1.54) is 7.11 Å². The zero-order valence-electron chi connectivity index (χ0n) is 32.0. The summed E-state index contributed by atoms with van der Waals surface area (Å²) in [5.41, 5.74) is 9.75. The maximum atomic E-state index is 13.6. The van der Waals surface area contributed by atoms with Crippen molar-refractivity contribution in [3.8, 4) is 23.3 Å². The number of anilines is 1. The van der Waals surface area contributed by atoms with Crippen molar-refractivity contribution in [3.63, 3.8) is 0 Å². The number of pyridine rings is 1. The normalized spacial score (nSPS) is 24.3. The Morgan fingerprint density at radius 3 is 2.65 bits per heavy atom. The molecule has 2 heterocycles. The van der Waals surface area contributed by atoms with Gasteiger partial charge in [0.15, 0.2) is 17.3 Å². The fraction of sp³-hybridized carbons (Fsp3) is 0.500. The SMILES string of the molecule is COc1cc2c(cc1O)C(CCC(O)CC(C=Cc1ccccc1)c1ccnc(N)c1)C#CC(C(O)CCCCC1CNC3CC(=O)CCC3C1)C(=O)CC2. The first-order chi connectivity index (χ1) is 26.7. The Bertz CT molecular complexity index is 1850. The molecule has 0 spiro atoms. The van der Waals surface area contributed by atoms with E-state index >= 15 is 0 Å². The predicted molar refractivity (Wildman–Crippen MR) is 215 cm³/mol. The summed E-state index contributed by atoms with van der Waals surface area (Å²) in [6, 6.07) is 17.6. The Morgan fingerprint density at radius 2 is 1.85 bits per heavy atom. The number of piperidine rings is 1. The quantitative estimate of drug-likeness (QED) is 0.0826. The van der Waals surface area contributed by atoms with Gasteiger partial charge in [-0.3, -0.25) is 9.59 Å². The van der Waals surface area contributed by atoms with E-state index in [-0.39, 0.29) is 29.8 Å². The Balaban J connectivity index is 1.12. The number of phenolic OH excluding ortho intramolecular Hbond substituents is 1. The first-order valence-electron chi connectivity index (χ1n) is 20.2. The molecule has 2 fully saturated rings. The van der Waals surface area contributed by atoms with E-state index < -0.39 is 18.1 Å². The molecule has 1 aliphatic heterocycles. The average Bonchev–Trinajstić information content (AvgIpc) is 3.25. The lowest BCUT2D eigenvalue weighted by Crippen LogP contribution is -2.48. The van der Waals surface area contributed by atoms with Crippen LogP contribution in [0.5, 0.6) is 11.5 Å². The number of aromatic hydroxyl groups is 1. The van der Waals surface area contributed by atoms with Crippen molar-refractivity contribution in [2.45, 2.75) is 114 Å². The van der Waals surface area contributed by atoms with E-state index in [2.05, 4.69) is 34.3 Å².